The first-order chi connectivity index (χ1) is 14.5. The fraction of sp³-hybridized carbons (Fsp3) is 0.292. The molecule has 0 spiro atoms. The van der Waals surface area contributed by atoms with Gasteiger partial charge in [0.2, 0.25) is 0 Å². The lowest BCUT2D eigenvalue weighted by Gasteiger charge is -2.13. The van der Waals surface area contributed by atoms with E-state index in [0.29, 0.717) is 17.9 Å². The van der Waals surface area contributed by atoms with Gasteiger partial charge in [0.1, 0.15) is 18.2 Å². The summed E-state index contributed by atoms with van der Waals surface area (Å²) in [5, 5.41) is 9.27. The molecule has 0 saturated carbocycles. The summed E-state index contributed by atoms with van der Waals surface area (Å²) in [6.07, 6.45) is 2.80. The number of unbranched alkanes of at least 4 members (excludes halogenated alkanes) is 1. The molecule has 0 radical (unpaired) electrons. The fourth-order valence-corrected chi connectivity index (χ4v) is 3.26. The van der Waals surface area contributed by atoms with Crippen molar-refractivity contribution in [1.82, 2.24) is 9.55 Å². The van der Waals surface area contributed by atoms with Gasteiger partial charge in [-0.1, -0.05) is 43.7 Å². The van der Waals surface area contributed by atoms with Gasteiger partial charge in [0.05, 0.1) is 12.1 Å². The van der Waals surface area contributed by atoms with Crippen LogP contribution in [0, 0.1) is 6.92 Å². The summed E-state index contributed by atoms with van der Waals surface area (Å²) in [5.74, 6) is 0.479. The van der Waals surface area contributed by atoms with Crippen LogP contribution in [0.25, 0.3) is 0 Å². The summed E-state index contributed by atoms with van der Waals surface area (Å²) in [6.45, 7) is 4.58. The molecule has 3 aromatic rings. The summed E-state index contributed by atoms with van der Waals surface area (Å²) in [5.41, 5.74) is 2.53. The van der Waals surface area contributed by atoms with E-state index >= 15 is 0 Å². The van der Waals surface area contributed by atoms with Crippen LogP contribution < -0.4 is 10.3 Å². The standard InChI is InChI=1S/C24H26N2O4/c1-3-4-9-22-25-17(2)14-23(27)26(22)15-18-10-12-20(13-11-18)30-16-19-7-5-6-8-21(19)24(28)29/h5-8,10-14H,3-4,9,15-16H2,1-2H3,(H,28,29). The molecule has 3 rings (SSSR count). The number of hydrogen-bond acceptors (Lipinski definition) is 4. The summed E-state index contributed by atoms with van der Waals surface area (Å²) in [6, 6.07) is 15.8. The smallest absolute Gasteiger partial charge is 0.336 e. The predicted octanol–water partition coefficient (Wildman–Crippen LogP) is 4.22. The maximum absolute atomic E-state index is 12.5. The molecule has 0 aliphatic carbocycles. The normalized spacial score (nSPS) is 10.7. The number of aromatic nitrogens is 2. The average Bonchev–Trinajstić information content (AvgIpc) is 2.73. The van der Waals surface area contributed by atoms with E-state index in [4.69, 9.17) is 4.74 Å². The number of carboxylic acid groups (broad SMARTS) is 1. The number of rotatable bonds is 9. The predicted molar refractivity (Wildman–Crippen MR) is 115 cm³/mol. The van der Waals surface area contributed by atoms with Crippen LogP contribution in [0.3, 0.4) is 0 Å². The number of carboxylic acids is 1. The van der Waals surface area contributed by atoms with Crippen LogP contribution in [0.1, 0.15) is 52.8 Å². The average molecular weight is 406 g/mol. The zero-order valence-corrected chi connectivity index (χ0v) is 17.3. The Kier molecular flexibility index (Phi) is 7.01. The number of nitrogens with zero attached hydrogens (tertiary/aromatic N) is 2. The van der Waals surface area contributed by atoms with Crippen molar-refractivity contribution >= 4 is 5.97 Å². The Labute approximate surface area is 175 Å². The Balaban J connectivity index is 1.71. The van der Waals surface area contributed by atoms with Crippen molar-refractivity contribution in [2.45, 2.75) is 46.3 Å². The van der Waals surface area contributed by atoms with E-state index in [1.54, 1.807) is 34.9 Å². The van der Waals surface area contributed by atoms with Crippen LogP contribution in [0.4, 0.5) is 0 Å². The Morgan fingerprint density at radius 2 is 1.87 bits per heavy atom. The Hall–Kier alpha value is -3.41. The van der Waals surface area contributed by atoms with Crippen LogP contribution in [0.5, 0.6) is 5.75 Å². The van der Waals surface area contributed by atoms with Gasteiger partial charge in [0.15, 0.2) is 0 Å². The quantitative estimate of drug-likeness (QED) is 0.575. The summed E-state index contributed by atoms with van der Waals surface area (Å²) in [4.78, 5) is 28.4. The lowest BCUT2D eigenvalue weighted by Crippen LogP contribution is -2.25. The molecule has 0 fully saturated rings. The van der Waals surface area contributed by atoms with E-state index in [9.17, 15) is 14.7 Å². The van der Waals surface area contributed by atoms with Gasteiger partial charge in [-0.15, -0.1) is 0 Å². The Morgan fingerprint density at radius 3 is 2.57 bits per heavy atom. The third-order valence-electron chi connectivity index (χ3n) is 4.88. The number of carbonyl (C=O) groups is 1. The molecule has 0 amide bonds. The van der Waals surface area contributed by atoms with E-state index < -0.39 is 5.97 Å². The molecule has 0 aliphatic heterocycles. The minimum atomic E-state index is -0.972. The van der Waals surface area contributed by atoms with Crippen LogP contribution >= 0.6 is 0 Å². The minimum absolute atomic E-state index is 0.0424. The second-order valence-corrected chi connectivity index (χ2v) is 7.24. The van der Waals surface area contributed by atoms with Crippen molar-refractivity contribution in [3.63, 3.8) is 0 Å². The maximum atomic E-state index is 12.5. The molecule has 0 atom stereocenters. The number of ether oxygens (including phenoxy) is 1. The molecular weight excluding hydrogens is 380 g/mol. The molecule has 1 aromatic heterocycles. The lowest BCUT2D eigenvalue weighted by atomic mass is 10.1. The van der Waals surface area contributed by atoms with Gasteiger partial charge in [-0.25, -0.2) is 9.78 Å². The highest BCUT2D eigenvalue weighted by atomic mass is 16.5. The first kappa shape index (κ1) is 21.3. The third-order valence-corrected chi connectivity index (χ3v) is 4.88. The number of hydrogen-bond donors (Lipinski definition) is 1. The second-order valence-electron chi connectivity index (χ2n) is 7.24. The fourth-order valence-electron chi connectivity index (χ4n) is 3.26. The molecular formula is C24H26N2O4. The van der Waals surface area contributed by atoms with E-state index in [2.05, 4.69) is 11.9 Å². The lowest BCUT2D eigenvalue weighted by molar-refractivity contribution is 0.0694. The third kappa shape index (κ3) is 5.35. The van der Waals surface area contributed by atoms with Crippen molar-refractivity contribution in [2.75, 3.05) is 0 Å². The van der Waals surface area contributed by atoms with Crippen molar-refractivity contribution in [3.8, 4) is 5.75 Å². The SMILES string of the molecule is CCCCc1nc(C)cc(=O)n1Cc1ccc(OCc2ccccc2C(=O)O)cc1. The zero-order chi connectivity index (χ0) is 21.5. The maximum Gasteiger partial charge on any atom is 0.336 e. The Bertz CT molecular complexity index is 1070. The first-order valence-electron chi connectivity index (χ1n) is 10.1. The van der Waals surface area contributed by atoms with E-state index in [1.807, 2.05) is 31.2 Å². The van der Waals surface area contributed by atoms with Crippen molar-refractivity contribution in [1.29, 1.82) is 0 Å². The van der Waals surface area contributed by atoms with Gasteiger partial charge in [-0.3, -0.25) is 9.36 Å². The van der Waals surface area contributed by atoms with Gasteiger partial charge < -0.3 is 9.84 Å². The highest BCUT2D eigenvalue weighted by Crippen LogP contribution is 2.17. The molecule has 30 heavy (non-hydrogen) atoms. The zero-order valence-electron chi connectivity index (χ0n) is 17.3. The van der Waals surface area contributed by atoms with E-state index in [1.165, 1.54) is 0 Å². The van der Waals surface area contributed by atoms with Crippen molar-refractivity contribution in [2.24, 2.45) is 0 Å². The van der Waals surface area contributed by atoms with Crippen LogP contribution in [-0.4, -0.2) is 20.6 Å². The second kappa shape index (κ2) is 9.87. The summed E-state index contributed by atoms with van der Waals surface area (Å²) >= 11 is 0. The van der Waals surface area contributed by atoms with Crippen LogP contribution in [0.15, 0.2) is 59.4 Å². The number of benzene rings is 2. The molecule has 1 N–H and O–H groups in total. The molecule has 0 aliphatic rings. The highest BCUT2D eigenvalue weighted by Gasteiger charge is 2.10. The molecule has 0 unspecified atom stereocenters. The number of aryl methyl sites for hydroxylation is 2. The molecule has 0 bridgehead atoms. The van der Waals surface area contributed by atoms with Crippen LogP contribution in [0.2, 0.25) is 0 Å². The molecule has 0 saturated heterocycles. The van der Waals surface area contributed by atoms with Crippen molar-refractivity contribution < 1.29 is 14.6 Å². The Morgan fingerprint density at radius 1 is 1.13 bits per heavy atom. The highest BCUT2D eigenvalue weighted by molar-refractivity contribution is 5.89. The van der Waals surface area contributed by atoms with E-state index in [0.717, 1.165) is 36.3 Å². The van der Waals surface area contributed by atoms with E-state index in [-0.39, 0.29) is 17.7 Å². The summed E-state index contributed by atoms with van der Waals surface area (Å²) in [7, 11) is 0. The summed E-state index contributed by atoms with van der Waals surface area (Å²) < 4.78 is 7.48. The van der Waals surface area contributed by atoms with Crippen LogP contribution in [-0.2, 0) is 19.6 Å². The van der Waals surface area contributed by atoms with Gasteiger partial charge in [-0.05, 0) is 37.1 Å². The topological polar surface area (TPSA) is 81.4 Å². The molecule has 6 heteroatoms. The first-order valence-corrected chi connectivity index (χ1v) is 10.1. The molecule has 156 valence electrons. The van der Waals surface area contributed by atoms with Gasteiger partial charge >= 0.3 is 5.97 Å². The largest absolute Gasteiger partial charge is 0.489 e. The van der Waals surface area contributed by atoms with Gasteiger partial charge in [-0.2, -0.15) is 0 Å². The van der Waals surface area contributed by atoms with Crippen molar-refractivity contribution in [3.05, 3.63) is 93.2 Å². The minimum Gasteiger partial charge on any atom is -0.489 e. The number of aromatic carboxylic acids is 1. The molecule has 1 heterocycles. The van der Waals surface area contributed by atoms with Gasteiger partial charge in [0.25, 0.3) is 5.56 Å². The monoisotopic (exact) mass is 406 g/mol. The van der Waals surface area contributed by atoms with Gasteiger partial charge in [0, 0.05) is 23.7 Å². The molecule has 2 aromatic carbocycles. The molecule has 6 nitrogen and oxygen atoms in total.